The number of carbonyl (C=O) groups excluding carboxylic acids is 2. The molecule has 0 spiro atoms. The van der Waals surface area contributed by atoms with Gasteiger partial charge in [-0.3, -0.25) is 9.59 Å². The first kappa shape index (κ1) is 10.6. The molecular weight excluding hydrogens is 188 g/mol. The van der Waals surface area contributed by atoms with Gasteiger partial charge in [-0.25, -0.2) is 0 Å². The minimum Gasteiger partial charge on any atom is -0.300 e. The molecule has 0 N–H and O–H groups in total. The molecule has 82 valence electrons. The lowest BCUT2D eigenvalue weighted by Gasteiger charge is -2.43. The molecule has 0 bridgehead atoms. The van der Waals surface area contributed by atoms with E-state index in [1.165, 1.54) is 0 Å². The molecule has 15 heavy (non-hydrogen) atoms. The third-order valence-electron chi connectivity index (χ3n) is 4.31. The van der Waals surface area contributed by atoms with E-state index in [1.54, 1.807) is 13.0 Å². The minimum atomic E-state index is -0.180. The molecule has 2 rings (SSSR count). The van der Waals surface area contributed by atoms with Crippen LogP contribution in [0, 0.1) is 17.3 Å². The Morgan fingerprint density at radius 1 is 1.53 bits per heavy atom. The number of allylic oxidation sites excluding steroid dienone is 2. The van der Waals surface area contributed by atoms with E-state index in [9.17, 15) is 9.59 Å². The van der Waals surface area contributed by atoms with Crippen LogP contribution in [-0.2, 0) is 9.59 Å². The second-order valence-electron chi connectivity index (χ2n) is 5.20. The average molecular weight is 206 g/mol. The smallest absolute Gasteiger partial charge is 0.161 e. The summed E-state index contributed by atoms with van der Waals surface area (Å²) in [6.45, 7) is 3.74. The maximum absolute atomic E-state index is 11.9. The zero-order valence-corrected chi connectivity index (χ0v) is 9.45. The number of Topliss-reactive ketones (excluding diaryl/α,β-unsaturated/α-hetero) is 1. The van der Waals surface area contributed by atoms with Gasteiger partial charge in [0.15, 0.2) is 5.78 Å². The second kappa shape index (κ2) is 3.58. The first-order chi connectivity index (χ1) is 7.04. The molecule has 0 aromatic heterocycles. The van der Waals surface area contributed by atoms with Crippen molar-refractivity contribution in [1.82, 2.24) is 0 Å². The normalized spacial score (nSPS) is 40.0. The van der Waals surface area contributed by atoms with Crippen LogP contribution >= 0.6 is 0 Å². The fourth-order valence-electron chi connectivity index (χ4n) is 2.98. The highest BCUT2D eigenvalue weighted by molar-refractivity contribution is 5.96. The van der Waals surface area contributed by atoms with Crippen molar-refractivity contribution in [3.63, 3.8) is 0 Å². The van der Waals surface area contributed by atoms with Crippen molar-refractivity contribution in [3.8, 4) is 0 Å². The van der Waals surface area contributed by atoms with Crippen molar-refractivity contribution in [2.45, 2.75) is 39.5 Å². The van der Waals surface area contributed by atoms with Gasteiger partial charge >= 0.3 is 0 Å². The molecule has 0 saturated heterocycles. The molecule has 0 amide bonds. The Balaban J connectivity index is 2.19. The Bertz CT molecular complexity index is 329. The molecule has 1 saturated carbocycles. The zero-order valence-electron chi connectivity index (χ0n) is 9.45. The summed E-state index contributed by atoms with van der Waals surface area (Å²) in [5, 5.41) is 0. The molecule has 0 radical (unpaired) electrons. The van der Waals surface area contributed by atoms with Gasteiger partial charge in [0.2, 0.25) is 0 Å². The van der Waals surface area contributed by atoms with Crippen LogP contribution in [0.3, 0.4) is 0 Å². The Kier molecular flexibility index (Phi) is 2.53. The summed E-state index contributed by atoms with van der Waals surface area (Å²) >= 11 is 0. The molecule has 0 aromatic rings. The van der Waals surface area contributed by atoms with E-state index >= 15 is 0 Å². The summed E-state index contributed by atoms with van der Waals surface area (Å²) in [5.74, 6) is 1.14. The Hall–Kier alpha value is -0.920. The van der Waals surface area contributed by atoms with Gasteiger partial charge in [-0.1, -0.05) is 13.0 Å². The Labute approximate surface area is 90.7 Å². The lowest BCUT2D eigenvalue weighted by atomic mass is 9.59. The van der Waals surface area contributed by atoms with Crippen LogP contribution in [0.25, 0.3) is 0 Å². The van der Waals surface area contributed by atoms with Crippen molar-refractivity contribution in [3.05, 3.63) is 12.2 Å². The number of fused-ring (bicyclic) bond motifs is 1. The monoisotopic (exact) mass is 206 g/mol. The molecule has 0 aliphatic heterocycles. The van der Waals surface area contributed by atoms with Gasteiger partial charge in [-0.05, 0) is 44.6 Å². The summed E-state index contributed by atoms with van der Waals surface area (Å²) < 4.78 is 0. The van der Waals surface area contributed by atoms with E-state index < -0.39 is 0 Å². The van der Waals surface area contributed by atoms with Crippen LogP contribution in [-0.4, -0.2) is 11.6 Å². The fourth-order valence-corrected chi connectivity index (χ4v) is 2.98. The number of hydrogen-bond acceptors (Lipinski definition) is 2. The van der Waals surface area contributed by atoms with E-state index in [-0.39, 0.29) is 17.1 Å². The molecule has 3 atom stereocenters. The largest absolute Gasteiger partial charge is 0.300 e. The molecule has 2 nitrogen and oxygen atoms in total. The van der Waals surface area contributed by atoms with Crippen molar-refractivity contribution >= 4 is 11.6 Å². The number of rotatable bonds is 1. The SMILES string of the molecule is CC(=O)[C@H]1CC[C@@]2(C)C(=O)C=CC[C@H]2C1. The quantitative estimate of drug-likeness (QED) is 0.660. The van der Waals surface area contributed by atoms with Gasteiger partial charge in [0.25, 0.3) is 0 Å². The summed E-state index contributed by atoms with van der Waals surface area (Å²) in [7, 11) is 0. The molecule has 1 fully saturated rings. The molecule has 0 heterocycles. The average Bonchev–Trinajstić information content (AvgIpc) is 2.19. The maximum Gasteiger partial charge on any atom is 0.161 e. The Morgan fingerprint density at radius 2 is 2.27 bits per heavy atom. The zero-order chi connectivity index (χ0) is 11.1. The van der Waals surface area contributed by atoms with Crippen LogP contribution in [0.4, 0.5) is 0 Å². The Morgan fingerprint density at radius 3 is 2.93 bits per heavy atom. The van der Waals surface area contributed by atoms with E-state index in [1.807, 2.05) is 6.08 Å². The predicted molar refractivity (Wildman–Crippen MR) is 58.4 cm³/mol. The number of ketones is 2. The highest BCUT2D eigenvalue weighted by atomic mass is 16.1. The summed E-state index contributed by atoms with van der Waals surface area (Å²) in [6.07, 6.45) is 7.34. The van der Waals surface area contributed by atoms with Crippen LogP contribution < -0.4 is 0 Å². The van der Waals surface area contributed by atoms with E-state index in [0.717, 1.165) is 25.7 Å². The van der Waals surface area contributed by atoms with E-state index in [4.69, 9.17) is 0 Å². The number of carbonyl (C=O) groups is 2. The molecule has 0 unspecified atom stereocenters. The van der Waals surface area contributed by atoms with E-state index in [0.29, 0.717) is 11.7 Å². The van der Waals surface area contributed by atoms with Gasteiger partial charge in [-0.15, -0.1) is 0 Å². The van der Waals surface area contributed by atoms with Gasteiger partial charge < -0.3 is 0 Å². The topological polar surface area (TPSA) is 34.1 Å². The van der Waals surface area contributed by atoms with Gasteiger partial charge in [0, 0.05) is 11.3 Å². The van der Waals surface area contributed by atoms with Gasteiger partial charge in [-0.2, -0.15) is 0 Å². The lowest BCUT2D eigenvalue weighted by molar-refractivity contribution is -0.133. The van der Waals surface area contributed by atoms with Crippen molar-refractivity contribution in [1.29, 1.82) is 0 Å². The molecule has 2 aliphatic carbocycles. The molecule has 2 heteroatoms. The third-order valence-corrected chi connectivity index (χ3v) is 4.31. The predicted octanol–water partition coefficient (Wildman–Crippen LogP) is 2.53. The third kappa shape index (κ3) is 1.66. The van der Waals surface area contributed by atoms with Crippen LogP contribution in [0.2, 0.25) is 0 Å². The highest BCUT2D eigenvalue weighted by Gasteiger charge is 2.45. The van der Waals surface area contributed by atoms with Crippen molar-refractivity contribution in [2.75, 3.05) is 0 Å². The minimum absolute atomic E-state index is 0.180. The van der Waals surface area contributed by atoms with Crippen LogP contribution in [0.15, 0.2) is 12.2 Å². The van der Waals surface area contributed by atoms with Crippen molar-refractivity contribution in [2.24, 2.45) is 17.3 Å². The molecular formula is C13H18O2. The first-order valence-electron chi connectivity index (χ1n) is 5.75. The lowest BCUT2D eigenvalue weighted by Crippen LogP contribution is -2.42. The van der Waals surface area contributed by atoms with Crippen molar-refractivity contribution < 1.29 is 9.59 Å². The standard InChI is InChI=1S/C13H18O2/c1-9(14)10-6-7-13(2)11(8-10)4-3-5-12(13)15/h3,5,10-11H,4,6-8H2,1-2H3/t10-,11-,13+/m0/s1. The summed E-state index contributed by atoms with van der Waals surface area (Å²) in [6, 6.07) is 0. The fraction of sp³-hybridized carbons (Fsp3) is 0.692. The molecule has 2 aliphatic rings. The highest BCUT2D eigenvalue weighted by Crippen LogP contribution is 2.48. The van der Waals surface area contributed by atoms with Crippen LogP contribution in [0.1, 0.15) is 39.5 Å². The first-order valence-corrected chi connectivity index (χ1v) is 5.75. The number of hydrogen-bond donors (Lipinski definition) is 0. The van der Waals surface area contributed by atoms with Gasteiger partial charge in [0.1, 0.15) is 5.78 Å². The van der Waals surface area contributed by atoms with Gasteiger partial charge in [0.05, 0.1) is 0 Å². The maximum atomic E-state index is 11.9. The second-order valence-corrected chi connectivity index (χ2v) is 5.20. The summed E-state index contributed by atoms with van der Waals surface area (Å²) in [5.41, 5.74) is -0.180. The van der Waals surface area contributed by atoms with Crippen LogP contribution in [0.5, 0.6) is 0 Å². The molecule has 0 aromatic carbocycles. The van der Waals surface area contributed by atoms with E-state index in [2.05, 4.69) is 6.92 Å². The summed E-state index contributed by atoms with van der Waals surface area (Å²) in [4.78, 5) is 23.2.